The third-order valence-corrected chi connectivity index (χ3v) is 4.12. The number of ether oxygens (including phenoxy) is 3. The van der Waals surface area contributed by atoms with Gasteiger partial charge in [-0.2, -0.15) is 4.98 Å². The maximum Gasteiger partial charge on any atom is 0.414 e. The first kappa shape index (κ1) is 24.2. The van der Waals surface area contributed by atoms with E-state index in [2.05, 4.69) is 18.1 Å². The summed E-state index contributed by atoms with van der Waals surface area (Å²) >= 11 is 0. The first-order chi connectivity index (χ1) is 15.4. The number of aromatic nitrogens is 1. The molecule has 170 valence electrons. The molecule has 0 radical (unpaired) electrons. The Balaban J connectivity index is 2.49. The highest BCUT2D eigenvalue weighted by atomic mass is 16.6. The van der Waals surface area contributed by atoms with Gasteiger partial charge in [-0.3, -0.25) is 15.0 Å². The van der Waals surface area contributed by atoms with Gasteiger partial charge >= 0.3 is 11.8 Å². The van der Waals surface area contributed by atoms with Gasteiger partial charge in [0.25, 0.3) is 0 Å². The fourth-order valence-corrected chi connectivity index (χ4v) is 2.76. The molecule has 32 heavy (non-hydrogen) atoms. The molecular weight excluding hydrogens is 416 g/mol. The third kappa shape index (κ3) is 6.46. The van der Waals surface area contributed by atoms with Crippen LogP contribution in [-0.2, 0) is 11.3 Å². The van der Waals surface area contributed by atoms with Crippen LogP contribution in [0.1, 0.15) is 18.9 Å². The second-order valence-electron chi connectivity index (χ2n) is 6.43. The zero-order chi connectivity index (χ0) is 23.5. The van der Waals surface area contributed by atoms with Crippen LogP contribution in [0.25, 0.3) is 0 Å². The van der Waals surface area contributed by atoms with Crippen molar-refractivity contribution in [2.45, 2.75) is 19.9 Å². The van der Waals surface area contributed by atoms with E-state index in [0.29, 0.717) is 24.3 Å². The van der Waals surface area contributed by atoms with Crippen molar-refractivity contribution >= 4 is 23.3 Å². The highest BCUT2D eigenvalue weighted by Gasteiger charge is 2.30. The largest absolute Gasteiger partial charge is 0.493 e. The van der Waals surface area contributed by atoms with Crippen LogP contribution < -0.4 is 20.1 Å². The Bertz CT molecular complexity index is 979. The Hall–Kier alpha value is -4.08. The molecule has 0 aliphatic carbocycles. The number of nitrogen functional groups attached to an aromatic ring is 1. The van der Waals surface area contributed by atoms with Crippen molar-refractivity contribution in [3.63, 3.8) is 0 Å². The molecule has 10 nitrogen and oxygen atoms in total. The molecule has 0 saturated heterocycles. The summed E-state index contributed by atoms with van der Waals surface area (Å²) in [5, 5.41) is 11.7. The van der Waals surface area contributed by atoms with Gasteiger partial charge in [0.2, 0.25) is 11.7 Å². The average molecular weight is 442 g/mol. The molecule has 0 fully saturated rings. The van der Waals surface area contributed by atoms with Gasteiger partial charge in [-0.25, -0.2) is 4.79 Å². The Morgan fingerprint density at radius 2 is 2.06 bits per heavy atom. The van der Waals surface area contributed by atoms with Gasteiger partial charge in [0.1, 0.15) is 18.0 Å². The normalized spacial score (nSPS) is 10.2. The van der Waals surface area contributed by atoms with Crippen molar-refractivity contribution in [2.75, 3.05) is 30.5 Å². The molecule has 1 aromatic heterocycles. The molecule has 0 saturated carbocycles. The van der Waals surface area contributed by atoms with E-state index in [1.807, 2.05) is 0 Å². The number of hydrogen-bond acceptors (Lipinski definition) is 8. The summed E-state index contributed by atoms with van der Waals surface area (Å²) in [4.78, 5) is 28.8. The smallest absolute Gasteiger partial charge is 0.414 e. The molecule has 0 bridgehead atoms. The quantitative estimate of drug-likeness (QED) is 0.223. The lowest BCUT2D eigenvalue weighted by Gasteiger charge is -2.23. The van der Waals surface area contributed by atoms with E-state index in [1.54, 1.807) is 37.3 Å². The first-order valence-corrected chi connectivity index (χ1v) is 9.86. The minimum absolute atomic E-state index is 0.0128. The standard InChI is InChI=1S/C22H26N4O6/c1-4-7-12-31-17-10-8-9-16(13-17)15-25(22(27)30-6-3)18-14-19(32-11-5-2)24-21(23)20(18)26(28)29/h4-5,8-10,13-14H,1-2,6-7,11-12,15H2,3H3,(H2,23,24). The van der Waals surface area contributed by atoms with Crippen molar-refractivity contribution < 1.29 is 23.9 Å². The zero-order valence-electron chi connectivity index (χ0n) is 17.9. The molecule has 2 aromatic rings. The monoisotopic (exact) mass is 442 g/mol. The van der Waals surface area contributed by atoms with Crippen molar-refractivity contribution in [3.05, 3.63) is 71.3 Å². The van der Waals surface area contributed by atoms with Gasteiger partial charge in [-0.15, -0.1) is 6.58 Å². The number of nitro groups is 1. The van der Waals surface area contributed by atoms with E-state index >= 15 is 0 Å². The maximum absolute atomic E-state index is 12.8. The molecule has 1 heterocycles. The number of rotatable bonds is 12. The summed E-state index contributed by atoms with van der Waals surface area (Å²) in [7, 11) is 0. The summed E-state index contributed by atoms with van der Waals surface area (Å²) in [6.45, 7) is 9.43. The lowest BCUT2D eigenvalue weighted by Crippen LogP contribution is -2.32. The number of hydrogen-bond donors (Lipinski definition) is 1. The summed E-state index contributed by atoms with van der Waals surface area (Å²) in [5.74, 6) is 0.216. The van der Waals surface area contributed by atoms with E-state index in [1.165, 1.54) is 12.1 Å². The lowest BCUT2D eigenvalue weighted by atomic mass is 10.2. The molecule has 2 N–H and O–H groups in total. The number of amides is 1. The topological polar surface area (TPSA) is 130 Å². The van der Waals surface area contributed by atoms with Gasteiger partial charge in [0, 0.05) is 6.07 Å². The van der Waals surface area contributed by atoms with Crippen molar-refractivity contribution in [1.29, 1.82) is 0 Å². The van der Waals surface area contributed by atoms with Gasteiger partial charge < -0.3 is 19.9 Å². The van der Waals surface area contributed by atoms with Crippen LogP contribution >= 0.6 is 0 Å². The van der Waals surface area contributed by atoms with E-state index in [9.17, 15) is 14.9 Å². The predicted octanol–water partition coefficient (Wildman–Crippen LogP) is 4.25. The Morgan fingerprint density at radius 3 is 2.72 bits per heavy atom. The fraction of sp³-hybridized carbons (Fsp3) is 0.273. The number of benzene rings is 1. The number of anilines is 2. The highest BCUT2D eigenvalue weighted by molar-refractivity contribution is 5.92. The predicted molar refractivity (Wildman–Crippen MR) is 121 cm³/mol. The molecule has 2 rings (SSSR count). The molecule has 0 atom stereocenters. The van der Waals surface area contributed by atoms with Crippen LogP contribution in [0.5, 0.6) is 11.6 Å². The summed E-state index contributed by atoms with van der Waals surface area (Å²) < 4.78 is 16.2. The average Bonchev–Trinajstić information content (AvgIpc) is 2.76. The molecular formula is C22H26N4O6. The van der Waals surface area contributed by atoms with Crippen molar-refractivity contribution in [2.24, 2.45) is 0 Å². The molecule has 10 heteroatoms. The minimum Gasteiger partial charge on any atom is -0.493 e. The summed E-state index contributed by atoms with van der Waals surface area (Å²) in [6, 6.07) is 8.31. The molecule has 1 aromatic carbocycles. The molecule has 0 unspecified atom stereocenters. The van der Waals surface area contributed by atoms with Crippen LogP contribution in [0.4, 0.5) is 22.0 Å². The summed E-state index contributed by atoms with van der Waals surface area (Å²) in [5.41, 5.74) is 5.86. The van der Waals surface area contributed by atoms with Gasteiger partial charge in [-0.05, 0) is 31.0 Å². The number of nitrogens with two attached hydrogens (primary N) is 1. The van der Waals surface area contributed by atoms with Crippen LogP contribution in [0.15, 0.2) is 55.6 Å². The highest BCUT2D eigenvalue weighted by Crippen LogP contribution is 2.37. The zero-order valence-corrected chi connectivity index (χ0v) is 17.9. The van der Waals surface area contributed by atoms with Gasteiger partial charge in [0.15, 0.2) is 0 Å². The van der Waals surface area contributed by atoms with Crippen molar-refractivity contribution in [3.8, 4) is 11.6 Å². The molecule has 1 amide bonds. The van der Waals surface area contributed by atoms with E-state index in [4.69, 9.17) is 19.9 Å². The van der Waals surface area contributed by atoms with Crippen LogP contribution in [0.2, 0.25) is 0 Å². The van der Waals surface area contributed by atoms with Crippen LogP contribution in [0.3, 0.4) is 0 Å². The second-order valence-corrected chi connectivity index (χ2v) is 6.43. The SMILES string of the molecule is C=CCCOc1cccc(CN(C(=O)OCC)c2cc(OCC=C)nc(N)c2[N+](=O)[O-])c1. The molecule has 0 aliphatic rings. The van der Waals surface area contributed by atoms with E-state index in [-0.39, 0.29) is 37.1 Å². The Kier molecular flexibility index (Phi) is 9.03. The van der Waals surface area contributed by atoms with E-state index < -0.39 is 16.7 Å². The Morgan fingerprint density at radius 1 is 1.28 bits per heavy atom. The number of carbonyl (C=O) groups is 1. The third-order valence-electron chi connectivity index (χ3n) is 4.12. The van der Waals surface area contributed by atoms with Crippen molar-refractivity contribution in [1.82, 2.24) is 4.98 Å². The summed E-state index contributed by atoms with van der Waals surface area (Å²) in [6.07, 6.45) is 3.12. The first-order valence-electron chi connectivity index (χ1n) is 9.86. The minimum atomic E-state index is -0.783. The fourth-order valence-electron chi connectivity index (χ4n) is 2.76. The second kappa shape index (κ2) is 11.9. The van der Waals surface area contributed by atoms with Crippen LogP contribution in [0, 0.1) is 10.1 Å². The van der Waals surface area contributed by atoms with Gasteiger partial charge in [-0.1, -0.05) is 30.9 Å². The number of pyridine rings is 1. The lowest BCUT2D eigenvalue weighted by molar-refractivity contribution is -0.383. The molecule has 0 aliphatic heterocycles. The van der Waals surface area contributed by atoms with Crippen LogP contribution in [-0.4, -0.2) is 35.8 Å². The number of nitrogens with zero attached hydrogens (tertiary/aromatic N) is 3. The van der Waals surface area contributed by atoms with Gasteiger partial charge in [0.05, 0.1) is 24.7 Å². The molecule has 0 spiro atoms. The Labute approximate surface area is 186 Å². The number of carbonyl (C=O) groups excluding carboxylic acids is 1. The van der Waals surface area contributed by atoms with E-state index in [0.717, 1.165) is 4.90 Å². The maximum atomic E-state index is 12.8.